The molecule has 47 heavy (non-hydrogen) atoms. The van der Waals surface area contributed by atoms with Gasteiger partial charge in [0.25, 0.3) is 0 Å². The molecule has 2 nitrogen and oxygen atoms in total. The molecule has 3 aromatic heterocycles. The van der Waals surface area contributed by atoms with Gasteiger partial charge in [0.2, 0.25) is 0 Å². The van der Waals surface area contributed by atoms with Gasteiger partial charge in [0.05, 0.1) is 26.8 Å². The molecule has 0 saturated carbocycles. The highest BCUT2D eigenvalue weighted by Gasteiger charge is 2.19. The monoisotopic (exact) mass is 616 g/mol. The molecule has 0 aliphatic heterocycles. The zero-order valence-corrected chi connectivity index (χ0v) is 26.3. The lowest BCUT2D eigenvalue weighted by Gasteiger charge is -2.12. The van der Waals surface area contributed by atoms with Crippen LogP contribution in [0.3, 0.4) is 0 Å². The Labute approximate surface area is 276 Å². The third-order valence-electron chi connectivity index (χ3n) is 9.53. The van der Waals surface area contributed by atoms with Crippen LogP contribution >= 0.6 is 11.3 Å². The van der Waals surface area contributed by atoms with Gasteiger partial charge in [-0.2, -0.15) is 0 Å². The standard InChI is InChI=1S/C44H28N2S/c1-3-13-31(14-4-1)45-39-21-11-9-19-35(39)38-27-29(24-26-41(38)45)33-17-7-8-18-34(33)30-23-25-37-42(28-30)47-44-36-20-10-12-22-40(36)46(43(37)44)32-15-5-2-6-16-32/h1-28H. The minimum atomic E-state index is 1.18. The molecule has 3 heteroatoms. The van der Waals surface area contributed by atoms with Crippen molar-refractivity contribution in [3.8, 4) is 33.6 Å². The van der Waals surface area contributed by atoms with Crippen molar-refractivity contribution in [2.45, 2.75) is 0 Å². The van der Waals surface area contributed by atoms with Crippen LogP contribution in [0.4, 0.5) is 0 Å². The van der Waals surface area contributed by atoms with Gasteiger partial charge in [0.15, 0.2) is 0 Å². The fourth-order valence-corrected chi connectivity index (χ4v) is 8.72. The summed E-state index contributed by atoms with van der Waals surface area (Å²) in [6, 6.07) is 61.7. The van der Waals surface area contributed by atoms with Gasteiger partial charge in [0, 0.05) is 37.6 Å². The second kappa shape index (κ2) is 10.3. The predicted octanol–water partition coefficient (Wildman–Crippen LogP) is 12.4. The molecule has 0 aliphatic carbocycles. The molecule has 0 N–H and O–H groups in total. The minimum absolute atomic E-state index is 1.18. The highest BCUT2D eigenvalue weighted by Crippen LogP contribution is 2.44. The van der Waals surface area contributed by atoms with E-state index in [2.05, 4.69) is 179 Å². The van der Waals surface area contributed by atoms with E-state index in [0.29, 0.717) is 0 Å². The van der Waals surface area contributed by atoms with Gasteiger partial charge in [-0.15, -0.1) is 11.3 Å². The average Bonchev–Trinajstić information content (AvgIpc) is 3.79. The van der Waals surface area contributed by atoms with Crippen molar-refractivity contribution < 1.29 is 0 Å². The molecule has 0 spiro atoms. The van der Waals surface area contributed by atoms with Crippen molar-refractivity contribution in [2.75, 3.05) is 0 Å². The van der Waals surface area contributed by atoms with Crippen molar-refractivity contribution in [1.29, 1.82) is 0 Å². The summed E-state index contributed by atoms with van der Waals surface area (Å²) in [7, 11) is 0. The maximum Gasteiger partial charge on any atom is 0.0727 e. The molecular formula is C44H28N2S. The lowest BCUT2D eigenvalue weighted by Crippen LogP contribution is -1.93. The van der Waals surface area contributed by atoms with Crippen LogP contribution in [0, 0.1) is 0 Å². The number of hydrogen-bond acceptors (Lipinski definition) is 1. The minimum Gasteiger partial charge on any atom is -0.309 e. The second-order valence-electron chi connectivity index (χ2n) is 12.1. The lowest BCUT2D eigenvalue weighted by atomic mass is 9.93. The highest BCUT2D eigenvalue weighted by atomic mass is 32.1. The number of nitrogens with zero attached hydrogens (tertiary/aromatic N) is 2. The molecule has 0 saturated heterocycles. The first-order valence-electron chi connectivity index (χ1n) is 16.0. The highest BCUT2D eigenvalue weighted by molar-refractivity contribution is 7.26. The summed E-state index contributed by atoms with van der Waals surface area (Å²) < 4.78 is 7.45. The van der Waals surface area contributed by atoms with Crippen LogP contribution in [0.2, 0.25) is 0 Å². The van der Waals surface area contributed by atoms with Gasteiger partial charge in [-0.1, -0.05) is 115 Å². The number of aromatic nitrogens is 2. The molecule has 220 valence electrons. The number of fused-ring (bicyclic) bond motifs is 8. The normalized spacial score (nSPS) is 11.8. The maximum absolute atomic E-state index is 2.43. The van der Waals surface area contributed by atoms with Crippen LogP contribution in [-0.2, 0) is 0 Å². The Morgan fingerprint density at radius 1 is 0.362 bits per heavy atom. The Morgan fingerprint density at radius 2 is 0.894 bits per heavy atom. The van der Waals surface area contributed by atoms with E-state index in [-0.39, 0.29) is 0 Å². The summed E-state index contributed by atoms with van der Waals surface area (Å²) in [5, 5.41) is 5.13. The van der Waals surface area contributed by atoms with E-state index in [1.807, 2.05) is 11.3 Å². The fraction of sp³-hybridized carbons (Fsp3) is 0. The third kappa shape index (κ3) is 3.97. The van der Waals surface area contributed by atoms with Gasteiger partial charge >= 0.3 is 0 Å². The summed E-state index contributed by atoms with van der Waals surface area (Å²) in [6.45, 7) is 0. The second-order valence-corrected chi connectivity index (χ2v) is 13.2. The number of para-hydroxylation sites is 4. The van der Waals surface area contributed by atoms with Gasteiger partial charge in [0.1, 0.15) is 0 Å². The summed E-state index contributed by atoms with van der Waals surface area (Å²) in [5.74, 6) is 0. The number of benzene rings is 7. The Bertz CT molecular complexity index is 2780. The van der Waals surface area contributed by atoms with E-state index in [4.69, 9.17) is 0 Å². The fourth-order valence-electron chi connectivity index (χ4n) is 7.46. The van der Waals surface area contributed by atoms with E-state index >= 15 is 0 Å². The number of thiophene rings is 1. The van der Waals surface area contributed by atoms with Crippen molar-refractivity contribution in [2.24, 2.45) is 0 Å². The summed E-state index contributed by atoms with van der Waals surface area (Å²) in [4.78, 5) is 0. The molecular weight excluding hydrogens is 589 g/mol. The van der Waals surface area contributed by atoms with E-state index in [9.17, 15) is 0 Å². The van der Waals surface area contributed by atoms with Gasteiger partial charge < -0.3 is 9.13 Å². The Balaban J connectivity index is 1.16. The molecule has 3 heterocycles. The molecule has 0 aliphatic rings. The zero-order valence-electron chi connectivity index (χ0n) is 25.5. The first-order valence-corrected chi connectivity index (χ1v) is 16.8. The molecule has 10 rings (SSSR count). The maximum atomic E-state index is 2.43. The van der Waals surface area contributed by atoms with E-state index < -0.39 is 0 Å². The smallest absolute Gasteiger partial charge is 0.0727 e. The summed E-state index contributed by atoms with van der Waals surface area (Å²) >= 11 is 1.90. The molecule has 0 unspecified atom stereocenters. The van der Waals surface area contributed by atoms with Crippen LogP contribution in [-0.4, -0.2) is 9.13 Å². The van der Waals surface area contributed by atoms with Crippen LogP contribution < -0.4 is 0 Å². The molecule has 0 amide bonds. The van der Waals surface area contributed by atoms with Crippen molar-refractivity contribution in [3.63, 3.8) is 0 Å². The molecule has 0 bridgehead atoms. The first-order chi connectivity index (χ1) is 23.3. The van der Waals surface area contributed by atoms with Crippen molar-refractivity contribution >= 4 is 64.3 Å². The summed E-state index contributed by atoms with van der Waals surface area (Å²) in [5.41, 5.74) is 12.3. The van der Waals surface area contributed by atoms with E-state index in [0.717, 1.165) is 0 Å². The van der Waals surface area contributed by atoms with Gasteiger partial charge in [-0.3, -0.25) is 0 Å². The van der Waals surface area contributed by atoms with Crippen LogP contribution in [0.25, 0.3) is 86.6 Å². The first kappa shape index (κ1) is 26.3. The Morgan fingerprint density at radius 3 is 1.62 bits per heavy atom. The summed E-state index contributed by atoms with van der Waals surface area (Å²) in [6.07, 6.45) is 0. The lowest BCUT2D eigenvalue weighted by molar-refractivity contribution is 1.18. The van der Waals surface area contributed by atoms with Gasteiger partial charge in [-0.25, -0.2) is 0 Å². The van der Waals surface area contributed by atoms with E-state index in [1.165, 1.54) is 86.6 Å². The Kier molecular flexibility index (Phi) is 5.78. The third-order valence-corrected chi connectivity index (χ3v) is 10.7. The van der Waals surface area contributed by atoms with Crippen LogP contribution in [0.5, 0.6) is 0 Å². The number of hydrogen-bond donors (Lipinski definition) is 0. The van der Waals surface area contributed by atoms with Crippen molar-refractivity contribution in [1.82, 2.24) is 9.13 Å². The Hall–Kier alpha value is -5.90. The largest absolute Gasteiger partial charge is 0.309 e. The molecule has 0 fully saturated rings. The molecule has 10 aromatic rings. The average molecular weight is 617 g/mol. The molecule has 0 radical (unpaired) electrons. The zero-order chi connectivity index (χ0) is 30.9. The van der Waals surface area contributed by atoms with Gasteiger partial charge in [-0.05, 0) is 76.9 Å². The molecule has 7 aromatic carbocycles. The van der Waals surface area contributed by atoms with E-state index in [1.54, 1.807) is 0 Å². The van der Waals surface area contributed by atoms with Crippen LogP contribution in [0.1, 0.15) is 0 Å². The number of rotatable bonds is 4. The van der Waals surface area contributed by atoms with Crippen molar-refractivity contribution in [3.05, 3.63) is 170 Å². The predicted molar refractivity (Wildman–Crippen MR) is 201 cm³/mol. The van der Waals surface area contributed by atoms with Crippen LogP contribution in [0.15, 0.2) is 170 Å². The quantitative estimate of drug-likeness (QED) is 0.186. The molecule has 0 atom stereocenters. The SMILES string of the molecule is c1ccc(-n2c3ccccc3c3cc(-c4ccccc4-c4ccc5c(c4)sc4c6ccccc6n(-c6ccccc6)c54)ccc32)cc1. The topological polar surface area (TPSA) is 9.86 Å².